The highest BCUT2D eigenvalue weighted by Crippen LogP contribution is 2.30. The topological polar surface area (TPSA) is 77.1 Å². The lowest BCUT2D eigenvalue weighted by atomic mass is 10.2. The highest BCUT2D eigenvalue weighted by Gasteiger charge is 2.40. The summed E-state index contributed by atoms with van der Waals surface area (Å²) in [7, 11) is 3.06. The van der Waals surface area contributed by atoms with Crippen LogP contribution in [0.5, 0.6) is 11.5 Å². The Morgan fingerprint density at radius 3 is 2.48 bits per heavy atom. The average molecular weight is 320 g/mol. The van der Waals surface area contributed by atoms with Gasteiger partial charge < -0.3 is 24.4 Å². The molecule has 3 rings (SSSR count). The maximum atomic E-state index is 12.3. The molecule has 124 valence electrons. The van der Waals surface area contributed by atoms with E-state index in [9.17, 15) is 9.59 Å². The first-order chi connectivity index (χ1) is 11.1. The molecule has 1 unspecified atom stereocenters. The van der Waals surface area contributed by atoms with Crippen LogP contribution in [0.4, 0.5) is 4.79 Å². The first kappa shape index (κ1) is 15.5. The molecule has 1 heterocycles. The number of hydrogen-bond acceptors (Lipinski definition) is 5. The number of nitrogens with one attached hydrogen (secondary N) is 1. The molecule has 23 heavy (non-hydrogen) atoms. The third-order valence-corrected chi connectivity index (χ3v) is 3.99. The van der Waals surface area contributed by atoms with Gasteiger partial charge in [-0.25, -0.2) is 4.79 Å². The first-order valence-corrected chi connectivity index (χ1v) is 7.59. The summed E-state index contributed by atoms with van der Waals surface area (Å²) < 4.78 is 15.6. The van der Waals surface area contributed by atoms with Gasteiger partial charge in [-0.05, 0) is 25.0 Å². The van der Waals surface area contributed by atoms with Crippen LogP contribution in [0.15, 0.2) is 18.2 Å². The standard InChI is InChI=1S/C16H20N2O5/c1-21-12-5-10(6-13(7-12)22-2)15(19)17-8-14-9-18(11-3-4-11)16(20)23-14/h5-7,11,14H,3-4,8-9H2,1-2H3,(H,17,19). The molecular formula is C16H20N2O5. The zero-order valence-corrected chi connectivity index (χ0v) is 13.2. The van der Waals surface area contributed by atoms with Crippen molar-refractivity contribution in [3.63, 3.8) is 0 Å². The monoisotopic (exact) mass is 320 g/mol. The smallest absolute Gasteiger partial charge is 0.410 e. The molecule has 1 atom stereocenters. The Morgan fingerprint density at radius 2 is 1.91 bits per heavy atom. The van der Waals surface area contributed by atoms with Gasteiger partial charge in [-0.15, -0.1) is 0 Å². The molecule has 0 spiro atoms. The second-order valence-corrected chi connectivity index (χ2v) is 5.70. The number of ether oxygens (including phenoxy) is 3. The molecule has 1 saturated carbocycles. The van der Waals surface area contributed by atoms with Crippen molar-refractivity contribution in [2.45, 2.75) is 25.0 Å². The summed E-state index contributed by atoms with van der Waals surface area (Å²) in [6.07, 6.45) is 1.49. The number of carbonyl (C=O) groups is 2. The predicted molar refractivity (Wildman–Crippen MR) is 81.9 cm³/mol. The van der Waals surface area contributed by atoms with E-state index in [1.807, 2.05) is 0 Å². The first-order valence-electron chi connectivity index (χ1n) is 7.59. The van der Waals surface area contributed by atoms with E-state index in [4.69, 9.17) is 14.2 Å². The minimum absolute atomic E-state index is 0.261. The van der Waals surface area contributed by atoms with Gasteiger partial charge in [0, 0.05) is 17.7 Å². The minimum Gasteiger partial charge on any atom is -0.497 e. The van der Waals surface area contributed by atoms with Crippen molar-refractivity contribution in [3.8, 4) is 11.5 Å². The molecular weight excluding hydrogens is 300 g/mol. The van der Waals surface area contributed by atoms with Crippen LogP contribution in [-0.2, 0) is 4.74 Å². The number of benzene rings is 1. The van der Waals surface area contributed by atoms with Gasteiger partial charge in [0.1, 0.15) is 17.6 Å². The fourth-order valence-corrected chi connectivity index (χ4v) is 2.58. The van der Waals surface area contributed by atoms with Gasteiger partial charge in [-0.2, -0.15) is 0 Å². The zero-order valence-electron chi connectivity index (χ0n) is 13.2. The van der Waals surface area contributed by atoms with Crippen molar-refractivity contribution in [2.75, 3.05) is 27.3 Å². The summed E-state index contributed by atoms with van der Waals surface area (Å²) in [6.45, 7) is 0.818. The highest BCUT2D eigenvalue weighted by molar-refractivity contribution is 5.95. The van der Waals surface area contributed by atoms with Crippen molar-refractivity contribution in [2.24, 2.45) is 0 Å². The Morgan fingerprint density at radius 1 is 1.26 bits per heavy atom. The number of methoxy groups -OCH3 is 2. The second-order valence-electron chi connectivity index (χ2n) is 5.70. The van der Waals surface area contributed by atoms with Crippen molar-refractivity contribution in [1.82, 2.24) is 10.2 Å². The molecule has 1 aromatic rings. The Hall–Kier alpha value is -2.44. The third kappa shape index (κ3) is 3.49. The Balaban J connectivity index is 1.58. The van der Waals surface area contributed by atoms with Crippen LogP contribution >= 0.6 is 0 Å². The van der Waals surface area contributed by atoms with Crippen molar-refractivity contribution >= 4 is 12.0 Å². The van der Waals surface area contributed by atoms with Crippen molar-refractivity contribution in [3.05, 3.63) is 23.8 Å². The number of nitrogens with zero attached hydrogens (tertiary/aromatic N) is 1. The number of cyclic esters (lactones) is 1. The SMILES string of the molecule is COc1cc(OC)cc(C(=O)NCC2CN(C3CC3)C(=O)O2)c1. The van der Waals surface area contributed by atoms with Crippen LogP contribution in [0.2, 0.25) is 0 Å². The van der Waals surface area contributed by atoms with E-state index < -0.39 is 0 Å². The fraction of sp³-hybridized carbons (Fsp3) is 0.500. The van der Waals surface area contributed by atoms with E-state index in [0.29, 0.717) is 29.6 Å². The van der Waals surface area contributed by atoms with Crippen LogP contribution in [0, 0.1) is 0 Å². The zero-order chi connectivity index (χ0) is 16.4. The van der Waals surface area contributed by atoms with Gasteiger partial charge in [0.2, 0.25) is 0 Å². The molecule has 2 amide bonds. The number of rotatable bonds is 6. The summed E-state index contributed by atoms with van der Waals surface area (Å²) >= 11 is 0. The molecule has 0 bridgehead atoms. The largest absolute Gasteiger partial charge is 0.497 e. The van der Waals surface area contributed by atoms with Crippen LogP contribution in [0.3, 0.4) is 0 Å². The molecule has 7 nitrogen and oxygen atoms in total. The lowest BCUT2D eigenvalue weighted by molar-refractivity contribution is 0.0914. The van der Waals surface area contributed by atoms with Gasteiger partial charge in [0.25, 0.3) is 5.91 Å². The lowest BCUT2D eigenvalue weighted by Gasteiger charge is -2.12. The molecule has 1 saturated heterocycles. The molecule has 2 fully saturated rings. The predicted octanol–water partition coefficient (Wildman–Crippen LogP) is 1.42. The maximum Gasteiger partial charge on any atom is 0.410 e. The third-order valence-electron chi connectivity index (χ3n) is 3.99. The van der Waals surface area contributed by atoms with E-state index in [-0.39, 0.29) is 24.6 Å². The van der Waals surface area contributed by atoms with E-state index >= 15 is 0 Å². The molecule has 1 aliphatic heterocycles. The molecule has 7 heteroatoms. The van der Waals surface area contributed by atoms with Gasteiger partial charge in [-0.1, -0.05) is 0 Å². The minimum atomic E-state index is -0.306. The lowest BCUT2D eigenvalue weighted by Crippen LogP contribution is -2.35. The van der Waals surface area contributed by atoms with E-state index in [2.05, 4.69) is 5.32 Å². The Bertz CT molecular complexity index is 592. The summed E-state index contributed by atoms with van der Waals surface area (Å²) in [5.74, 6) is 0.825. The van der Waals surface area contributed by atoms with Crippen LogP contribution in [-0.4, -0.2) is 56.4 Å². The van der Waals surface area contributed by atoms with Crippen LogP contribution < -0.4 is 14.8 Å². The normalized spacial score (nSPS) is 20.2. The van der Waals surface area contributed by atoms with E-state index in [1.165, 1.54) is 14.2 Å². The molecule has 1 aliphatic carbocycles. The van der Waals surface area contributed by atoms with Crippen molar-refractivity contribution < 1.29 is 23.8 Å². The second kappa shape index (κ2) is 6.36. The molecule has 0 radical (unpaired) electrons. The molecule has 1 N–H and O–H groups in total. The van der Waals surface area contributed by atoms with Gasteiger partial charge in [-0.3, -0.25) is 4.79 Å². The molecule has 2 aliphatic rings. The summed E-state index contributed by atoms with van der Waals surface area (Å²) in [5, 5.41) is 2.79. The molecule has 1 aromatic carbocycles. The Labute approximate surface area is 134 Å². The van der Waals surface area contributed by atoms with Crippen molar-refractivity contribution in [1.29, 1.82) is 0 Å². The summed E-state index contributed by atoms with van der Waals surface area (Å²) in [5.41, 5.74) is 0.435. The number of hydrogen-bond donors (Lipinski definition) is 1. The van der Waals surface area contributed by atoms with E-state index in [0.717, 1.165) is 12.8 Å². The van der Waals surface area contributed by atoms with Crippen LogP contribution in [0.1, 0.15) is 23.2 Å². The summed E-state index contributed by atoms with van der Waals surface area (Å²) in [6, 6.07) is 5.29. The fourth-order valence-electron chi connectivity index (χ4n) is 2.58. The number of carbonyl (C=O) groups excluding carboxylic acids is 2. The average Bonchev–Trinajstić information content (AvgIpc) is 3.35. The quantitative estimate of drug-likeness (QED) is 0.858. The van der Waals surface area contributed by atoms with Gasteiger partial charge in [0.15, 0.2) is 0 Å². The Kier molecular flexibility index (Phi) is 4.27. The van der Waals surface area contributed by atoms with Gasteiger partial charge in [0.05, 0.1) is 27.3 Å². The highest BCUT2D eigenvalue weighted by atomic mass is 16.6. The van der Waals surface area contributed by atoms with Crippen LogP contribution in [0.25, 0.3) is 0 Å². The number of amides is 2. The van der Waals surface area contributed by atoms with Gasteiger partial charge >= 0.3 is 6.09 Å². The molecule has 0 aromatic heterocycles. The maximum absolute atomic E-state index is 12.3. The summed E-state index contributed by atoms with van der Waals surface area (Å²) in [4.78, 5) is 25.7. The van der Waals surface area contributed by atoms with E-state index in [1.54, 1.807) is 23.1 Å².